The predicted octanol–water partition coefficient (Wildman–Crippen LogP) is 3.21. The lowest BCUT2D eigenvalue weighted by Gasteiger charge is -2.02. The third kappa shape index (κ3) is 1.30. The Labute approximate surface area is 99.5 Å². The summed E-state index contributed by atoms with van der Waals surface area (Å²) < 4.78 is 8.30. The Balaban J connectivity index is 2.11. The van der Waals surface area contributed by atoms with Crippen molar-refractivity contribution < 1.29 is 8.98 Å². The maximum atomic E-state index is 5.96. The zero-order valence-corrected chi connectivity index (χ0v) is 9.65. The van der Waals surface area contributed by atoms with Crippen LogP contribution in [0.1, 0.15) is 18.7 Å². The van der Waals surface area contributed by atoms with Crippen LogP contribution in [0.3, 0.4) is 0 Å². The zero-order chi connectivity index (χ0) is 11.2. The van der Waals surface area contributed by atoms with E-state index in [-0.39, 0.29) is 0 Å². The second-order valence-electron chi connectivity index (χ2n) is 4.77. The zero-order valence-electron chi connectivity index (χ0n) is 9.65. The number of hydrogen-bond donors (Lipinski definition) is 0. The maximum absolute atomic E-state index is 5.96. The van der Waals surface area contributed by atoms with Crippen LogP contribution in [0.25, 0.3) is 21.9 Å². The molecule has 0 amide bonds. The third-order valence-corrected chi connectivity index (χ3v) is 3.67. The molecule has 0 spiro atoms. The van der Waals surface area contributed by atoms with Crippen molar-refractivity contribution in [3.05, 3.63) is 42.3 Å². The first kappa shape index (κ1) is 9.23. The summed E-state index contributed by atoms with van der Waals surface area (Å²) >= 11 is 0. The summed E-state index contributed by atoms with van der Waals surface area (Å²) in [5, 5.41) is 2.55. The largest absolute Gasteiger partial charge is 0.401 e. The number of aryl methyl sites for hydroxylation is 2. The highest BCUT2D eigenvalue weighted by Crippen LogP contribution is 2.24. The maximum Gasteiger partial charge on any atom is 0.347 e. The van der Waals surface area contributed by atoms with Gasteiger partial charge in [-0.25, -0.2) is 0 Å². The topological polar surface area (TPSA) is 17.0 Å². The fourth-order valence-corrected chi connectivity index (χ4v) is 2.79. The van der Waals surface area contributed by atoms with Crippen molar-refractivity contribution in [2.75, 3.05) is 0 Å². The van der Waals surface area contributed by atoms with Gasteiger partial charge < -0.3 is 4.42 Å². The molecule has 0 atom stereocenters. The average Bonchev–Trinajstić information content (AvgIpc) is 2.73. The van der Waals surface area contributed by atoms with Crippen molar-refractivity contribution in [1.29, 1.82) is 0 Å². The number of oxazole rings is 1. The average molecular weight is 224 g/mol. The van der Waals surface area contributed by atoms with Gasteiger partial charge in [0.1, 0.15) is 0 Å². The van der Waals surface area contributed by atoms with E-state index in [1.807, 2.05) is 0 Å². The quantitative estimate of drug-likeness (QED) is 0.536. The van der Waals surface area contributed by atoms with Crippen LogP contribution in [-0.4, -0.2) is 0 Å². The molecular weight excluding hydrogens is 210 g/mol. The first-order valence-electron chi connectivity index (χ1n) is 6.26. The second kappa shape index (κ2) is 3.33. The molecule has 0 unspecified atom stereocenters. The van der Waals surface area contributed by atoms with E-state index in [1.165, 1.54) is 29.1 Å². The molecule has 0 aliphatic carbocycles. The van der Waals surface area contributed by atoms with Crippen LogP contribution in [-0.2, 0) is 13.0 Å². The van der Waals surface area contributed by atoms with Gasteiger partial charge in [-0.15, -0.1) is 0 Å². The molecule has 0 fully saturated rings. The summed E-state index contributed by atoms with van der Waals surface area (Å²) in [5.74, 6) is 1.14. The monoisotopic (exact) mass is 224 g/mol. The van der Waals surface area contributed by atoms with Crippen LogP contribution >= 0.6 is 0 Å². The van der Waals surface area contributed by atoms with Crippen molar-refractivity contribution in [2.24, 2.45) is 0 Å². The van der Waals surface area contributed by atoms with Crippen molar-refractivity contribution >= 4 is 21.9 Å². The smallest absolute Gasteiger partial charge is 0.347 e. The standard InChI is InChI=1S/C15H14NO/c1-2-6-12-10-14-13(9-11(12)5-1)16-8-4-3-7-15(16)17-14/h1-2,5-6,9-10H,3-4,7-8H2/q+1. The molecule has 1 aliphatic rings. The third-order valence-electron chi connectivity index (χ3n) is 3.67. The minimum Gasteiger partial charge on any atom is -0.401 e. The van der Waals surface area contributed by atoms with Gasteiger partial charge in [0.25, 0.3) is 5.52 Å². The summed E-state index contributed by atoms with van der Waals surface area (Å²) in [6.45, 7) is 1.10. The van der Waals surface area contributed by atoms with Crippen LogP contribution < -0.4 is 4.57 Å². The Morgan fingerprint density at radius 2 is 1.82 bits per heavy atom. The molecule has 0 radical (unpaired) electrons. The number of hydrogen-bond acceptors (Lipinski definition) is 1. The number of benzene rings is 2. The molecule has 4 rings (SSSR count). The number of fused-ring (bicyclic) bond motifs is 4. The molecule has 1 aliphatic heterocycles. The predicted molar refractivity (Wildman–Crippen MR) is 66.9 cm³/mol. The Morgan fingerprint density at radius 1 is 1.00 bits per heavy atom. The minimum atomic E-state index is 1.03. The molecule has 17 heavy (non-hydrogen) atoms. The lowest BCUT2D eigenvalue weighted by Crippen LogP contribution is -2.39. The van der Waals surface area contributed by atoms with Gasteiger partial charge in [0, 0.05) is 12.5 Å². The summed E-state index contributed by atoms with van der Waals surface area (Å²) in [4.78, 5) is 0. The number of nitrogens with zero attached hydrogens (tertiary/aromatic N) is 1. The molecular formula is C15H14NO+. The van der Waals surface area contributed by atoms with E-state index in [9.17, 15) is 0 Å². The highest BCUT2D eigenvalue weighted by atomic mass is 16.4. The molecule has 2 heteroatoms. The molecule has 0 N–H and O–H groups in total. The Kier molecular flexibility index (Phi) is 1.81. The van der Waals surface area contributed by atoms with Gasteiger partial charge in [0.2, 0.25) is 5.58 Å². The van der Waals surface area contributed by atoms with Gasteiger partial charge in [0.05, 0.1) is 6.42 Å². The molecule has 0 bridgehead atoms. The Hall–Kier alpha value is -1.83. The van der Waals surface area contributed by atoms with E-state index >= 15 is 0 Å². The second-order valence-corrected chi connectivity index (χ2v) is 4.77. The minimum absolute atomic E-state index is 1.03. The lowest BCUT2D eigenvalue weighted by atomic mass is 10.1. The van der Waals surface area contributed by atoms with Gasteiger partial charge in [-0.3, -0.25) is 0 Å². The Bertz CT molecular complexity index is 711. The van der Waals surface area contributed by atoms with Gasteiger partial charge in [-0.1, -0.05) is 24.3 Å². The number of rotatable bonds is 0. The van der Waals surface area contributed by atoms with E-state index in [1.54, 1.807) is 0 Å². The fourth-order valence-electron chi connectivity index (χ4n) is 2.79. The molecule has 2 heterocycles. The van der Waals surface area contributed by atoms with E-state index < -0.39 is 0 Å². The molecule has 3 aromatic rings. The van der Waals surface area contributed by atoms with Crippen LogP contribution in [0.2, 0.25) is 0 Å². The van der Waals surface area contributed by atoms with E-state index in [0.29, 0.717) is 0 Å². The highest BCUT2D eigenvalue weighted by molar-refractivity contribution is 5.92. The van der Waals surface area contributed by atoms with Crippen LogP contribution in [0.4, 0.5) is 0 Å². The lowest BCUT2D eigenvalue weighted by molar-refractivity contribution is -0.689. The van der Waals surface area contributed by atoms with Crippen LogP contribution in [0.5, 0.6) is 0 Å². The van der Waals surface area contributed by atoms with E-state index in [0.717, 1.165) is 24.4 Å². The normalized spacial score (nSPS) is 15.3. The van der Waals surface area contributed by atoms with Crippen LogP contribution in [0.15, 0.2) is 40.8 Å². The summed E-state index contributed by atoms with van der Waals surface area (Å²) in [7, 11) is 0. The fraction of sp³-hybridized carbons (Fsp3) is 0.267. The van der Waals surface area contributed by atoms with Crippen molar-refractivity contribution in [3.8, 4) is 0 Å². The SMILES string of the molecule is c1ccc2cc3c(cc2c1)oc1[n+]3CCCC1. The Morgan fingerprint density at radius 3 is 2.71 bits per heavy atom. The number of aromatic nitrogens is 1. The van der Waals surface area contributed by atoms with Crippen molar-refractivity contribution in [2.45, 2.75) is 25.8 Å². The van der Waals surface area contributed by atoms with Crippen LogP contribution in [0, 0.1) is 0 Å². The summed E-state index contributed by atoms with van der Waals surface area (Å²) in [6.07, 6.45) is 3.59. The summed E-state index contributed by atoms with van der Waals surface area (Å²) in [6, 6.07) is 12.9. The molecule has 2 aromatic carbocycles. The first-order valence-corrected chi connectivity index (χ1v) is 6.26. The van der Waals surface area contributed by atoms with E-state index in [4.69, 9.17) is 4.42 Å². The molecule has 0 saturated heterocycles. The highest BCUT2D eigenvalue weighted by Gasteiger charge is 2.25. The molecule has 84 valence electrons. The van der Waals surface area contributed by atoms with Crippen molar-refractivity contribution in [1.82, 2.24) is 0 Å². The first-order chi connectivity index (χ1) is 8.42. The van der Waals surface area contributed by atoms with Gasteiger partial charge in [-0.05, 0) is 23.3 Å². The van der Waals surface area contributed by atoms with E-state index in [2.05, 4.69) is 41.0 Å². The van der Waals surface area contributed by atoms with Crippen molar-refractivity contribution in [3.63, 3.8) is 0 Å². The molecule has 2 nitrogen and oxygen atoms in total. The van der Waals surface area contributed by atoms with Gasteiger partial charge in [0.15, 0.2) is 6.54 Å². The molecule has 0 saturated carbocycles. The van der Waals surface area contributed by atoms with Gasteiger partial charge >= 0.3 is 5.89 Å². The molecule has 1 aromatic heterocycles. The van der Waals surface area contributed by atoms with Gasteiger partial charge in [-0.2, -0.15) is 4.57 Å². The summed E-state index contributed by atoms with van der Waals surface area (Å²) in [5.41, 5.74) is 2.28.